The van der Waals surface area contributed by atoms with E-state index in [0.29, 0.717) is 0 Å². The Labute approximate surface area is 129 Å². The smallest absolute Gasteiger partial charge is 0.383 e. The quantitative estimate of drug-likeness (QED) is 0.789. The third-order valence-corrected chi connectivity index (χ3v) is 3.25. The molecule has 0 spiro atoms. The third-order valence-electron chi connectivity index (χ3n) is 2.93. The summed E-state index contributed by atoms with van der Waals surface area (Å²) in [5, 5.41) is 18.4. The van der Waals surface area contributed by atoms with E-state index in [1.165, 1.54) is 12.1 Å². The van der Waals surface area contributed by atoms with E-state index in [1.807, 2.05) is 12.1 Å². The average molecular weight is 320 g/mol. The molecular weight excluding hydrogens is 313 g/mol. The molecule has 0 saturated carbocycles. The highest BCUT2D eigenvalue weighted by Gasteiger charge is 2.30. The van der Waals surface area contributed by atoms with E-state index < -0.39 is 11.7 Å². The average Bonchev–Trinajstić information content (AvgIpc) is 2.46. The maximum atomic E-state index is 12.6. The van der Waals surface area contributed by atoms with Crippen molar-refractivity contribution in [3.05, 3.63) is 41.0 Å². The molecule has 0 radical (unpaired) electrons. The van der Waals surface area contributed by atoms with Gasteiger partial charge in [-0.05, 0) is 17.7 Å². The van der Waals surface area contributed by atoms with Gasteiger partial charge in [-0.15, -0.1) is 12.6 Å². The molecule has 0 amide bonds. The van der Waals surface area contributed by atoms with Gasteiger partial charge >= 0.3 is 6.18 Å². The lowest BCUT2D eigenvalue weighted by atomic mass is 9.96. The van der Waals surface area contributed by atoms with Crippen LogP contribution in [0.5, 0.6) is 0 Å². The number of nitriles is 2. The predicted molar refractivity (Wildman–Crippen MR) is 75.8 cm³/mol. The van der Waals surface area contributed by atoms with Gasteiger partial charge in [0.2, 0.25) is 0 Å². The van der Waals surface area contributed by atoms with E-state index in [9.17, 15) is 23.7 Å². The van der Waals surface area contributed by atoms with Gasteiger partial charge in [-0.3, -0.25) is 0 Å². The molecule has 0 saturated heterocycles. The summed E-state index contributed by atoms with van der Waals surface area (Å²) < 4.78 is 37.8. The second-order valence-corrected chi connectivity index (χ2v) is 4.67. The number of anilines is 1. The van der Waals surface area contributed by atoms with Crippen LogP contribution in [0.15, 0.2) is 29.3 Å². The van der Waals surface area contributed by atoms with Crippen molar-refractivity contribution >= 4 is 18.4 Å². The van der Waals surface area contributed by atoms with Crippen molar-refractivity contribution in [2.45, 2.75) is 11.2 Å². The molecule has 2 aromatic rings. The Bertz CT molecular complexity index is 776. The van der Waals surface area contributed by atoms with Gasteiger partial charge in [-0.2, -0.15) is 23.7 Å². The van der Waals surface area contributed by atoms with Crippen LogP contribution in [0, 0.1) is 22.7 Å². The second kappa shape index (κ2) is 5.58. The molecule has 1 heterocycles. The maximum Gasteiger partial charge on any atom is 0.416 e. The van der Waals surface area contributed by atoms with Gasteiger partial charge in [0, 0.05) is 5.56 Å². The minimum absolute atomic E-state index is 0.00824. The summed E-state index contributed by atoms with van der Waals surface area (Å²) >= 11 is 4.02. The summed E-state index contributed by atoms with van der Waals surface area (Å²) in [6.07, 6.45) is -4.47. The molecule has 1 aromatic heterocycles. The zero-order chi connectivity index (χ0) is 16.5. The van der Waals surface area contributed by atoms with Gasteiger partial charge in [0.15, 0.2) is 0 Å². The molecule has 1 aromatic carbocycles. The number of aromatic nitrogens is 1. The van der Waals surface area contributed by atoms with Crippen LogP contribution in [-0.2, 0) is 6.18 Å². The molecular formula is C14H7F3N4S. The summed E-state index contributed by atoms with van der Waals surface area (Å²) in [4.78, 5) is 3.78. The van der Waals surface area contributed by atoms with Crippen molar-refractivity contribution in [2.24, 2.45) is 0 Å². The summed E-state index contributed by atoms with van der Waals surface area (Å²) in [5.74, 6) is -0.138. The number of nitrogen functional groups attached to an aromatic ring is 1. The number of halogens is 3. The van der Waals surface area contributed by atoms with E-state index in [2.05, 4.69) is 17.6 Å². The molecule has 0 bridgehead atoms. The van der Waals surface area contributed by atoms with Crippen LogP contribution in [0.1, 0.15) is 16.7 Å². The Balaban J connectivity index is 2.73. The Kier molecular flexibility index (Phi) is 3.98. The topological polar surface area (TPSA) is 86.5 Å². The monoisotopic (exact) mass is 320 g/mol. The molecule has 8 heteroatoms. The highest BCUT2D eigenvalue weighted by Crippen LogP contribution is 2.35. The maximum absolute atomic E-state index is 12.6. The number of nitrogens with zero attached hydrogens (tertiary/aromatic N) is 3. The van der Waals surface area contributed by atoms with Crippen molar-refractivity contribution in [2.75, 3.05) is 5.73 Å². The predicted octanol–water partition coefficient (Wildman–Crippen LogP) is 3.38. The molecule has 0 atom stereocenters. The molecule has 4 nitrogen and oxygen atoms in total. The Morgan fingerprint density at radius 3 is 2.05 bits per heavy atom. The van der Waals surface area contributed by atoms with E-state index in [1.54, 1.807) is 0 Å². The zero-order valence-corrected chi connectivity index (χ0v) is 11.7. The van der Waals surface area contributed by atoms with Crippen molar-refractivity contribution in [1.82, 2.24) is 4.98 Å². The van der Waals surface area contributed by atoms with Gasteiger partial charge in [0.25, 0.3) is 0 Å². The lowest BCUT2D eigenvalue weighted by molar-refractivity contribution is -0.137. The Morgan fingerprint density at radius 2 is 1.59 bits per heavy atom. The van der Waals surface area contributed by atoms with Crippen molar-refractivity contribution in [3.8, 4) is 23.3 Å². The molecule has 110 valence electrons. The number of rotatable bonds is 1. The SMILES string of the molecule is N#Cc1c(N)nc(S)c(C#N)c1-c1ccc(C(F)(F)F)cc1. The second-order valence-electron chi connectivity index (χ2n) is 4.24. The fraction of sp³-hybridized carbons (Fsp3) is 0.0714. The van der Waals surface area contributed by atoms with Gasteiger partial charge in [-0.25, -0.2) is 4.98 Å². The Hall–Kier alpha value is -2.71. The number of alkyl halides is 3. The number of hydrogen-bond donors (Lipinski definition) is 2. The van der Waals surface area contributed by atoms with Crippen LogP contribution in [0.2, 0.25) is 0 Å². The first kappa shape index (κ1) is 15.7. The number of hydrogen-bond acceptors (Lipinski definition) is 5. The summed E-state index contributed by atoms with van der Waals surface area (Å²) in [5.41, 5.74) is 5.07. The molecule has 0 aliphatic carbocycles. The number of thiol groups is 1. The molecule has 0 unspecified atom stereocenters. The van der Waals surface area contributed by atoms with Crippen LogP contribution < -0.4 is 5.73 Å². The first-order valence-electron chi connectivity index (χ1n) is 5.80. The number of nitrogens with two attached hydrogens (primary N) is 1. The summed E-state index contributed by atoms with van der Waals surface area (Å²) in [7, 11) is 0. The van der Waals surface area contributed by atoms with Crippen LogP contribution in [-0.4, -0.2) is 4.98 Å². The first-order valence-corrected chi connectivity index (χ1v) is 6.24. The normalized spacial score (nSPS) is 10.8. The molecule has 0 aliphatic heterocycles. The van der Waals surface area contributed by atoms with Gasteiger partial charge in [0.1, 0.15) is 28.5 Å². The zero-order valence-electron chi connectivity index (χ0n) is 10.8. The van der Waals surface area contributed by atoms with Gasteiger partial charge < -0.3 is 5.73 Å². The van der Waals surface area contributed by atoms with Crippen molar-refractivity contribution in [1.29, 1.82) is 10.5 Å². The number of pyridine rings is 1. The lowest BCUT2D eigenvalue weighted by Crippen LogP contribution is -2.05. The van der Waals surface area contributed by atoms with Gasteiger partial charge in [0.05, 0.1) is 11.1 Å². The standard InChI is InChI=1S/C14H7F3N4S/c15-14(16,17)8-3-1-7(2-4-8)11-9(5-18)12(20)21-13(22)10(11)6-19/h1-4H,(H3,20,21,22). The highest BCUT2D eigenvalue weighted by atomic mass is 32.1. The third kappa shape index (κ3) is 2.69. The van der Waals surface area contributed by atoms with E-state index in [-0.39, 0.29) is 33.1 Å². The highest BCUT2D eigenvalue weighted by molar-refractivity contribution is 7.80. The lowest BCUT2D eigenvalue weighted by Gasteiger charge is -2.12. The minimum atomic E-state index is -4.47. The first-order chi connectivity index (χ1) is 10.3. The van der Waals surface area contributed by atoms with Crippen LogP contribution >= 0.6 is 12.6 Å². The Morgan fingerprint density at radius 1 is 1.05 bits per heavy atom. The molecule has 22 heavy (non-hydrogen) atoms. The fourth-order valence-corrected chi connectivity index (χ4v) is 2.19. The van der Waals surface area contributed by atoms with Crippen molar-refractivity contribution in [3.63, 3.8) is 0 Å². The molecule has 0 aliphatic rings. The number of benzene rings is 1. The summed E-state index contributed by atoms with van der Waals surface area (Å²) in [6, 6.07) is 7.74. The molecule has 2 rings (SSSR count). The van der Waals surface area contributed by atoms with Crippen LogP contribution in [0.25, 0.3) is 11.1 Å². The van der Waals surface area contributed by atoms with E-state index in [0.717, 1.165) is 12.1 Å². The van der Waals surface area contributed by atoms with Gasteiger partial charge in [-0.1, -0.05) is 12.1 Å². The fourth-order valence-electron chi connectivity index (χ4n) is 1.92. The van der Waals surface area contributed by atoms with Crippen LogP contribution in [0.4, 0.5) is 19.0 Å². The van der Waals surface area contributed by atoms with E-state index in [4.69, 9.17) is 5.73 Å². The van der Waals surface area contributed by atoms with E-state index >= 15 is 0 Å². The summed E-state index contributed by atoms with van der Waals surface area (Å²) in [6.45, 7) is 0. The van der Waals surface area contributed by atoms with Crippen molar-refractivity contribution < 1.29 is 13.2 Å². The molecule has 2 N–H and O–H groups in total. The largest absolute Gasteiger partial charge is 0.416 e. The minimum Gasteiger partial charge on any atom is -0.383 e. The molecule has 0 fully saturated rings. The van der Waals surface area contributed by atoms with Crippen LogP contribution in [0.3, 0.4) is 0 Å².